The van der Waals surface area contributed by atoms with E-state index in [1.165, 1.54) is 6.07 Å². The highest BCUT2D eigenvalue weighted by atomic mass is 35.5. The zero-order chi connectivity index (χ0) is 13.3. The Labute approximate surface area is 111 Å². The summed E-state index contributed by atoms with van der Waals surface area (Å²) in [4.78, 5) is 4.38. The van der Waals surface area contributed by atoms with E-state index in [0.717, 1.165) is 23.3 Å². The van der Waals surface area contributed by atoms with Crippen LogP contribution in [0.1, 0.15) is 32.3 Å². The summed E-state index contributed by atoms with van der Waals surface area (Å²) in [7, 11) is 0. The molecule has 0 saturated heterocycles. The van der Waals surface area contributed by atoms with Gasteiger partial charge in [0.1, 0.15) is 11.3 Å². The molecule has 0 fully saturated rings. The normalized spacial score (nSPS) is 11.2. The fourth-order valence-corrected chi connectivity index (χ4v) is 2.19. The van der Waals surface area contributed by atoms with E-state index in [-0.39, 0.29) is 5.82 Å². The summed E-state index contributed by atoms with van der Waals surface area (Å²) >= 11 is 5.87. The van der Waals surface area contributed by atoms with Crippen LogP contribution >= 0.6 is 11.6 Å². The number of nitrogens with one attached hydrogen (secondary N) is 1. The van der Waals surface area contributed by atoms with Crippen LogP contribution in [-0.4, -0.2) is 11.5 Å². The molecule has 2 nitrogen and oxygen atoms in total. The first-order valence-electron chi connectivity index (χ1n) is 6.06. The van der Waals surface area contributed by atoms with Crippen molar-refractivity contribution < 1.29 is 4.39 Å². The smallest absolute Gasteiger partial charge is 0.150 e. The number of aromatic nitrogens is 1. The van der Waals surface area contributed by atoms with E-state index in [1.54, 1.807) is 6.07 Å². The summed E-state index contributed by atoms with van der Waals surface area (Å²) in [6.45, 7) is 6.93. The first kappa shape index (κ1) is 13.1. The van der Waals surface area contributed by atoms with Crippen LogP contribution in [0, 0.1) is 5.82 Å². The predicted molar refractivity (Wildman–Crippen MR) is 75.0 cm³/mol. The van der Waals surface area contributed by atoms with Gasteiger partial charge in [-0.2, -0.15) is 0 Å². The average molecular weight is 267 g/mol. The SMILES string of the molecule is CCNc1nc2c(F)cc(Cl)cc2cc1C(C)C. The minimum absolute atomic E-state index is 0.318. The molecule has 18 heavy (non-hydrogen) atoms. The lowest BCUT2D eigenvalue weighted by Gasteiger charge is -2.14. The minimum Gasteiger partial charge on any atom is -0.370 e. The number of pyridine rings is 1. The number of hydrogen-bond acceptors (Lipinski definition) is 2. The first-order valence-corrected chi connectivity index (χ1v) is 6.44. The molecule has 1 heterocycles. The molecule has 1 aromatic heterocycles. The number of nitrogens with zero attached hydrogens (tertiary/aromatic N) is 1. The van der Waals surface area contributed by atoms with Gasteiger partial charge in [0.05, 0.1) is 0 Å². The highest BCUT2D eigenvalue weighted by molar-refractivity contribution is 6.31. The van der Waals surface area contributed by atoms with Crippen LogP contribution in [0.15, 0.2) is 18.2 Å². The summed E-state index contributed by atoms with van der Waals surface area (Å²) in [5, 5.41) is 4.32. The van der Waals surface area contributed by atoms with Gasteiger partial charge in [-0.25, -0.2) is 9.37 Å². The minimum atomic E-state index is -0.382. The molecule has 0 radical (unpaired) electrons. The van der Waals surface area contributed by atoms with Crippen LogP contribution in [-0.2, 0) is 0 Å². The molecule has 0 amide bonds. The van der Waals surface area contributed by atoms with E-state index in [9.17, 15) is 4.39 Å². The van der Waals surface area contributed by atoms with Crippen molar-refractivity contribution in [3.8, 4) is 0 Å². The van der Waals surface area contributed by atoms with Gasteiger partial charge in [-0.1, -0.05) is 25.4 Å². The lowest BCUT2D eigenvalue weighted by atomic mass is 10.0. The summed E-state index contributed by atoms with van der Waals surface area (Å²) in [6.07, 6.45) is 0. The molecule has 0 saturated carbocycles. The van der Waals surface area contributed by atoms with Gasteiger partial charge in [-0.05, 0) is 36.6 Å². The van der Waals surface area contributed by atoms with Crippen LogP contribution in [0.2, 0.25) is 5.02 Å². The number of halogens is 2. The molecule has 0 aliphatic heterocycles. The number of hydrogen-bond donors (Lipinski definition) is 1. The zero-order valence-electron chi connectivity index (χ0n) is 10.7. The largest absolute Gasteiger partial charge is 0.370 e. The number of benzene rings is 1. The second kappa shape index (κ2) is 5.11. The van der Waals surface area contributed by atoms with E-state index in [1.807, 2.05) is 13.0 Å². The molecule has 0 aliphatic carbocycles. The van der Waals surface area contributed by atoms with Crippen LogP contribution in [0.25, 0.3) is 10.9 Å². The van der Waals surface area contributed by atoms with Gasteiger partial charge >= 0.3 is 0 Å². The second-order valence-corrected chi connectivity index (χ2v) is 5.01. The standard InChI is InChI=1S/C14H16ClFN2/c1-4-17-14-11(8(2)3)6-9-5-10(15)7-12(16)13(9)18-14/h5-8H,4H2,1-3H3,(H,17,18). The van der Waals surface area contributed by atoms with Gasteiger partial charge < -0.3 is 5.32 Å². The van der Waals surface area contributed by atoms with Crippen molar-refractivity contribution >= 4 is 28.3 Å². The lowest BCUT2D eigenvalue weighted by Crippen LogP contribution is -2.05. The number of rotatable bonds is 3. The zero-order valence-corrected chi connectivity index (χ0v) is 11.5. The van der Waals surface area contributed by atoms with Crippen molar-refractivity contribution in [3.05, 3.63) is 34.6 Å². The molecule has 1 aromatic carbocycles. The Morgan fingerprint density at radius 1 is 1.33 bits per heavy atom. The summed E-state index contributed by atoms with van der Waals surface area (Å²) in [5.41, 5.74) is 1.44. The summed E-state index contributed by atoms with van der Waals surface area (Å²) in [5.74, 6) is 0.686. The Kier molecular flexibility index (Phi) is 3.71. The molecule has 0 unspecified atom stereocenters. The van der Waals surface area contributed by atoms with Gasteiger partial charge in [0.15, 0.2) is 5.82 Å². The van der Waals surface area contributed by atoms with E-state index < -0.39 is 0 Å². The molecule has 2 rings (SSSR count). The Hall–Kier alpha value is -1.35. The molecule has 2 aromatic rings. The van der Waals surface area contributed by atoms with Gasteiger partial charge in [-0.15, -0.1) is 0 Å². The van der Waals surface area contributed by atoms with Crippen molar-refractivity contribution in [1.29, 1.82) is 0 Å². The van der Waals surface area contributed by atoms with Gasteiger partial charge in [0.2, 0.25) is 0 Å². The monoisotopic (exact) mass is 266 g/mol. The maximum atomic E-state index is 13.8. The van der Waals surface area contributed by atoms with Crippen LogP contribution in [0.3, 0.4) is 0 Å². The number of anilines is 1. The Bertz CT molecular complexity index is 582. The number of fused-ring (bicyclic) bond motifs is 1. The third-order valence-corrected chi connectivity index (χ3v) is 3.05. The average Bonchev–Trinajstić information content (AvgIpc) is 2.29. The van der Waals surface area contributed by atoms with Crippen LogP contribution in [0.4, 0.5) is 10.2 Å². The second-order valence-electron chi connectivity index (χ2n) is 4.57. The maximum absolute atomic E-state index is 13.8. The third-order valence-electron chi connectivity index (χ3n) is 2.83. The quantitative estimate of drug-likeness (QED) is 0.879. The topological polar surface area (TPSA) is 24.9 Å². The van der Waals surface area contributed by atoms with E-state index in [0.29, 0.717) is 16.5 Å². The van der Waals surface area contributed by atoms with Gasteiger partial charge in [0.25, 0.3) is 0 Å². The molecule has 4 heteroatoms. The Morgan fingerprint density at radius 3 is 2.67 bits per heavy atom. The van der Waals surface area contributed by atoms with Gasteiger partial charge in [-0.3, -0.25) is 0 Å². The van der Waals surface area contributed by atoms with Crippen LogP contribution in [0.5, 0.6) is 0 Å². The first-order chi connectivity index (χ1) is 8.52. The molecule has 0 bridgehead atoms. The summed E-state index contributed by atoms with van der Waals surface area (Å²) in [6, 6.07) is 5.00. The van der Waals surface area contributed by atoms with Crippen molar-refractivity contribution in [1.82, 2.24) is 4.98 Å². The van der Waals surface area contributed by atoms with Crippen molar-refractivity contribution in [2.45, 2.75) is 26.7 Å². The molecule has 0 spiro atoms. The van der Waals surface area contributed by atoms with Crippen molar-refractivity contribution in [2.24, 2.45) is 0 Å². The Balaban J connectivity index is 2.72. The van der Waals surface area contributed by atoms with Crippen LogP contribution < -0.4 is 5.32 Å². The van der Waals surface area contributed by atoms with Gasteiger partial charge in [0, 0.05) is 17.0 Å². The summed E-state index contributed by atoms with van der Waals surface area (Å²) < 4.78 is 13.8. The molecule has 0 atom stereocenters. The highest BCUT2D eigenvalue weighted by Gasteiger charge is 2.12. The molecular weight excluding hydrogens is 251 g/mol. The predicted octanol–water partition coefficient (Wildman–Crippen LogP) is 4.58. The van der Waals surface area contributed by atoms with Crippen molar-refractivity contribution in [2.75, 3.05) is 11.9 Å². The Morgan fingerprint density at radius 2 is 2.06 bits per heavy atom. The maximum Gasteiger partial charge on any atom is 0.150 e. The molecule has 0 aliphatic rings. The molecule has 96 valence electrons. The van der Waals surface area contributed by atoms with E-state index >= 15 is 0 Å². The lowest BCUT2D eigenvalue weighted by molar-refractivity contribution is 0.637. The van der Waals surface area contributed by atoms with E-state index in [4.69, 9.17) is 11.6 Å². The van der Waals surface area contributed by atoms with E-state index in [2.05, 4.69) is 24.1 Å². The fourth-order valence-electron chi connectivity index (χ4n) is 1.98. The van der Waals surface area contributed by atoms with Crippen molar-refractivity contribution in [3.63, 3.8) is 0 Å². The fraction of sp³-hybridized carbons (Fsp3) is 0.357. The molecular formula is C14H16ClFN2. The molecule has 1 N–H and O–H groups in total. The highest BCUT2D eigenvalue weighted by Crippen LogP contribution is 2.29. The third kappa shape index (κ3) is 2.41.